The van der Waals surface area contributed by atoms with Gasteiger partial charge >= 0.3 is 0 Å². The molecule has 0 radical (unpaired) electrons. The van der Waals surface area contributed by atoms with Gasteiger partial charge in [-0.3, -0.25) is 9.36 Å². The van der Waals surface area contributed by atoms with Crippen molar-refractivity contribution < 1.29 is 9.53 Å². The van der Waals surface area contributed by atoms with Crippen LogP contribution in [0.5, 0.6) is 5.75 Å². The summed E-state index contributed by atoms with van der Waals surface area (Å²) in [7, 11) is 1.64. The van der Waals surface area contributed by atoms with E-state index in [2.05, 4.69) is 29.4 Å². The third kappa shape index (κ3) is 4.95. The number of nitrogens with zero attached hydrogens (tertiary/aromatic N) is 2. The average molecular weight is 396 g/mol. The Bertz CT molecular complexity index is 911. The van der Waals surface area contributed by atoms with E-state index in [4.69, 9.17) is 4.74 Å². The first kappa shape index (κ1) is 20.0. The van der Waals surface area contributed by atoms with Gasteiger partial charge in [-0.05, 0) is 30.5 Å². The number of nitrogens with one attached hydrogen (secondary N) is 1. The van der Waals surface area contributed by atoms with E-state index in [-0.39, 0.29) is 17.1 Å². The van der Waals surface area contributed by atoms with Gasteiger partial charge in [-0.15, -0.1) is 0 Å². The minimum atomic E-state index is -0.255. The second-order valence-corrected chi connectivity index (χ2v) is 7.91. The predicted octanol–water partition coefficient (Wildman–Crippen LogP) is 4.28. The maximum Gasteiger partial charge on any atom is 0.233 e. The monoisotopic (exact) mass is 395 g/mol. The predicted molar refractivity (Wildman–Crippen MR) is 113 cm³/mol. The molecule has 2 atom stereocenters. The van der Waals surface area contributed by atoms with Crippen LogP contribution in [0.4, 0.5) is 0 Å². The zero-order valence-corrected chi connectivity index (χ0v) is 17.1. The fourth-order valence-corrected chi connectivity index (χ4v) is 3.75. The first-order chi connectivity index (χ1) is 13.6. The molecule has 146 valence electrons. The van der Waals surface area contributed by atoms with Crippen LogP contribution in [0.1, 0.15) is 25.3 Å². The van der Waals surface area contributed by atoms with Gasteiger partial charge in [0.05, 0.1) is 18.0 Å². The van der Waals surface area contributed by atoms with Crippen LogP contribution in [-0.2, 0) is 4.79 Å². The first-order valence-corrected chi connectivity index (χ1v) is 10.1. The third-order valence-electron chi connectivity index (χ3n) is 4.54. The van der Waals surface area contributed by atoms with Gasteiger partial charge in [0.15, 0.2) is 5.16 Å². The van der Waals surface area contributed by atoms with E-state index in [0.29, 0.717) is 6.54 Å². The van der Waals surface area contributed by atoms with Crippen LogP contribution in [-0.4, -0.2) is 34.4 Å². The average Bonchev–Trinajstić information content (AvgIpc) is 3.20. The molecule has 0 aliphatic rings. The quantitative estimate of drug-likeness (QED) is 0.579. The Morgan fingerprint density at radius 2 is 1.96 bits per heavy atom. The lowest BCUT2D eigenvalue weighted by Crippen LogP contribution is -2.33. The number of rotatable bonds is 8. The van der Waals surface area contributed by atoms with Crippen LogP contribution in [0, 0.1) is 0 Å². The van der Waals surface area contributed by atoms with Crippen molar-refractivity contribution in [2.45, 2.75) is 30.2 Å². The van der Waals surface area contributed by atoms with Crippen molar-refractivity contribution in [2.75, 3.05) is 13.7 Å². The Balaban J connectivity index is 1.61. The fraction of sp³-hybridized carbons (Fsp3) is 0.273. The van der Waals surface area contributed by atoms with Gasteiger partial charge in [-0.1, -0.05) is 55.1 Å². The number of aromatic nitrogens is 2. The highest BCUT2D eigenvalue weighted by atomic mass is 32.2. The normalized spacial score (nSPS) is 13.0. The van der Waals surface area contributed by atoms with Crippen LogP contribution < -0.4 is 10.1 Å². The molecule has 1 amide bonds. The second kappa shape index (κ2) is 9.46. The number of hydrogen-bond acceptors (Lipinski definition) is 4. The van der Waals surface area contributed by atoms with Crippen molar-refractivity contribution in [1.82, 2.24) is 14.9 Å². The van der Waals surface area contributed by atoms with Crippen LogP contribution in [0.2, 0.25) is 0 Å². The smallest absolute Gasteiger partial charge is 0.233 e. The number of ether oxygens (including phenoxy) is 1. The van der Waals surface area contributed by atoms with Gasteiger partial charge in [-0.2, -0.15) is 0 Å². The number of amides is 1. The van der Waals surface area contributed by atoms with E-state index in [1.165, 1.54) is 17.3 Å². The molecule has 0 saturated heterocycles. The molecule has 5 nitrogen and oxygen atoms in total. The summed E-state index contributed by atoms with van der Waals surface area (Å²) >= 11 is 1.44. The highest BCUT2D eigenvalue weighted by molar-refractivity contribution is 8.00. The van der Waals surface area contributed by atoms with Gasteiger partial charge in [-0.25, -0.2) is 4.98 Å². The Hall–Kier alpha value is -2.73. The highest BCUT2D eigenvalue weighted by Crippen LogP contribution is 2.26. The summed E-state index contributed by atoms with van der Waals surface area (Å²) in [5.41, 5.74) is 2.17. The Morgan fingerprint density at radius 1 is 1.18 bits per heavy atom. The van der Waals surface area contributed by atoms with E-state index >= 15 is 0 Å². The summed E-state index contributed by atoms with van der Waals surface area (Å²) in [6.07, 6.45) is 3.63. The first-order valence-electron chi connectivity index (χ1n) is 9.25. The SMILES string of the molecule is COc1cccc(-n2ccnc2SC(C)C(=O)NCC(C)c2ccccc2)c1. The minimum Gasteiger partial charge on any atom is -0.497 e. The summed E-state index contributed by atoms with van der Waals surface area (Å²) in [6.45, 7) is 4.62. The highest BCUT2D eigenvalue weighted by Gasteiger charge is 2.18. The van der Waals surface area contributed by atoms with Gasteiger partial charge in [0.25, 0.3) is 0 Å². The van der Waals surface area contributed by atoms with Crippen LogP contribution in [0.25, 0.3) is 5.69 Å². The molecular weight excluding hydrogens is 370 g/mol. The molecule has 0 aliphatic heterocycles. The number of hydrogen-bond donors (Lipinski definition) is 1. The Morgan fingerprint density at radius 3 is 2.71 bits per heavy atom. The summed E-state index contributed by atoms with van der Waals surface area (Å²) in [4.78, 5) is 17.0. The van der Waals surface area contributed by atoms with Gasteiger partial charge in [0.1, 0.15) is 5.75 Å². The molecule has 1 heterocycles. The number of benzene rings is 2. The molecule has 0 saturated carbocycles. The summed E-state index contributed by atoms with van der Waals surface area (Å²) in [5, 5.41) is 3.57. The lowest BCUT2D eigenvalue weighted by atomic mass is 10.0. The lowest BCUT2D eigenvalue weighted by molar-refractivity contribution is -0.120. The topological polar surface area (TPSA) is 56.2 Å². The fourth-order valence-electron chi connectivity index (χ4n) is 2.84. The number of methoxy groups -OCH3 is 1. The molecule has 3 aromatic rings. The van der Waals surface area contributed by atoms with E-state index in [9.17, 15) is 4.79 Å². The van der Waals surface area contributed by atoms with E-state index in [1.54, 1.807) is 13.3 Å². The van der Waals surface area contributed by atoms with E-state index in [1.807, 2.05) is 60.2 Å². The minimum absolute atomic E-state index is 0.00738. The maximum atomic E-state index is 12.6. The summed E-state index contributed by atoms with van der Waals surface area (Å²) in [5.74, 6) is 1.05. The van der Waals surface area contributed by atoms with Crippen LogP contribution in [0.15, 0.2) is 72.1 Å². The zero-order chi connectivity index (χ0) is 19.9. The Labute approximate surface area is 170 Å². The number of thioether (sulfide) groups is 1. The van der Waals surface area contributed by atoms with Crippen molar-refractivity contribution >= 4 is 17.7 Å². The largest absolute Gasteiger partial charge is 0.497 e. The molecule has 0 fully saturated rings. The van der Waals surface area contributed by atoms with Crippen molar-refractivity contribution in [1.29, 1.82) is 0 Å². The van der Waals surface area contributed by atoms with Gasteiger partial charge in [0, 0.05) is 25.0 Å². The molecule has 2 aromatic carbocycles. The molecule has 3 rings (SSSR count). The molecule has 6 heteroatoms. The van der Waals surface area contributed by atoms with Crippen molar-refractivity contribution in [3.05, 3.63) is 72.6 Å². The molecule has 0 aliphatic carbocycles. The third-order valence-corrected chi connectivity index (χ3v) is 5.62. The van der Waals surface area contributed by atoms with Crippen LogP contribution in [0.3, 0.4) is 0 Å². The number of carbonyl (C=O) groups is 1. The zero-order valence-electron chi connectivity index (χ0n) is 16.3. The van der Waals surface area contributed by atoms with E-state index < -0.39 is 0 Å². The standard InChI is InChI=1S/C22H25N3O2S/c1-16(18-8-5-4-6-9-18)15-24-21(26)17(2)28-22-23-12-13-25(22)19-10-7-11-20(14-19)27-3/h4-14,16-17H,15H2,1-3H3,(H,24,26). The lowest BCUT2D eigenvalue weighted by Gasteiger charge is -2.16. The molecule has 1 aromatic heterocycles. The van der Waals surface area contributed by atoms with Gasteiger partial charge < -0.3 is 10.1 Å². The number of imidazole rings is 1. The molecule has 0 spiro atoms. The maximum absolute atomic E-state index is 12.6. The molecule has 0 bridgehead atoms. The van der Waals surface area contributed by atoms with E-state index in [0.717, 1.165) is 16.6 Å². The van der Waals surface area contributed by atoms with Gasteiger partial charge in [0.2, 0.25) is 5.91 Å². The molecular formula is C22H25N3O2S. The number of carbonyl (C=O) groups excluding carboxylic acids is 1. The Kier molecular flexibility index (Phi) is 6.76. The molecule has 2 unspecified atom stereocenters. The van der Waals surface area contributed by atoms with Crippen molar-refractivity contribution in [3.8, 4) is 11.4 Å². The van der Waals surface area contributed by atoms with Crippen molar-refractivity contribution in [2.24, 2.45) is 0 Å². The second-order valence-electron chi connectivity index (χ2n) is 6.60. The summed E-state index contributed by atoms with van der Waals surface area (Å²) in [6, 6.07) is 18.0. The molecule has 28 heavy (non-hydrogen) atoms. The molecule has 1 N–H and O–H groups in total. The van der Waals surface area contributed by atoms with Crippen LogP contribution >= 0.6 is 11.8 Å². The van der Waals surface area contributed by atoms with Crippen molar-refractivity contribution in [3.63, 3.8) is 0 Å². The summed E-state index contributed by atoms with van der Waals surface area (Å²) < 4.78 is 7.26.